The van der Waals surface area contributed by atoms with E-state index >= 15 is 0 Å². The predicted molar refractivity (Wildman–Crippen MR) is 119 cm³/mol. The second kappa shape index (κ2) is 11.7. The summed E-state index contributed by atoms with van der Waals surface area (Å²) < 4.78 is 15.7. The summed E-state index contributed by atoms with van der Waals surface area (Å²) >= 11 is 12.7. The number of amides is 1. The van der Waals surface area contributed by atoms with Crippen molar-refractivity contribution in [1.29, 1.82) is 0 Å². The number of ether oxygens (including phenoxy) is 3. The van der Waals surface area contributed by atoms with Crippen LogP contribution in [-0.2, 0) is 28.6 Å². The largest absolute Gasteiger partial charge is 0.468 e. The number of primary amides is 1. The van der Waals surface area contributed by atoms with Crippen LogP contribution in [0.3, 0.4) is 0 Å². The van der Waals surface area contributed by atoms with Gasteiger partial charge in [-0.25, -0.2) is 4.79 Å². The van der Waals surface area contributed by atoms with Crippen molar-refractivity contribution in [3.05, 3.63) is 45.1 Å². The molecule has 0 radical (unpaired) electrons. The van der Waals surface area contributed by atoms with Gasteiger partial charge in [0.1, 0.15) is 12.5 Å². The van der Waals surface area contributed by atoms with Crippen molar-refractivity contribution < 1.29 is 28.6 Å². The van der Waals surface area contributed by atoms with Crippen LogP contribution >= 0.6 is 23.2 Å². The molecule has 0 bridgehead atoms. The molecule has 2 rings (SSSR count). The number of nitrogens with zero attached hydrogens (tertiary/aromatic N) is 1. The summed E-state index contributed by atoms with van der Waals surface area (Å²) in [5.74, 6) is 0.729. The van der Waals surface area contributed by atoms with Crippen molar-refractivity contribution in [1.82, 2.24) is 0 Å². The summed E-state index contributed by atoms with van der Waals surface area (Å²) in [4.78, 5) is 40.9. The van der Waals surface area contributed by atoms with Crippen LogP contribution in [0.5, 0.6) is 0 Å². The molecule has 170 valence electrons. The third-order valence-corrected chi connectivity index (χ3v) is 5.44. The Balaban J connectivity index is 2.63. The zero-order valence-corrected chi connectivity index (χ0v) is 19.2. The van der Waals surface area contributed by atoms with Gasteiger partial charge in [-0.15, -0.1) is 0 Å². The molecule has 0 spiro atoms. The number of methoxy groups -OCH3 is 1. The molecule has 8 nitrogen and oxygen atoms in total. The van der Waals surface area contributed by atoms with Crippen LogP contribution in [0, 0.1) is 17.8 Å². The van der Waals surface area contributed by atoms with Gasteiger partial charge in [0, 0.05) is 11.6 Å². The number of rotatable bonds is 7. The van der Waals surface area contributed by atoms with Crippen molar-refractivity contribution in [2.75, 3.05) is 26.9 Å². The van der Waals surface area contributed by atoms with Gasteiger partial charge in [-0.3, -0.25) is 14.6 Å². The van der Waals surface area contributed by atoms with Crippen molar-refractivity contribution in [3.8, 4) is 11.8 Å². The molecule has 0 aliphatic carbocycles. The number of carbonyl (C=O) groups excluding carboxylic acids is 3. The summed E-state index contributed by atoms with van der Waals surface area (Å²) in [5.41, 5.74) is 6.14. The number of aliphatic imine (C=N–C) groups is 1. The maximum absolute atomic E-state index is 13.0. The molecule has 10 heteroatoms. The van der Waals surface area contributed by atoms with Gasteiger partial charge in [0.2, 0.25) is 0 Å². The van der Waals surface area contributed by atoms with E-state index in [0.29, 0.717) is 11.3 Å². The van der Waals surface area contributed by atoms with Gasteiger partial charge < -0.3 is 19.9 Å². The van der Waals surface area contributed by atoms with Crippen LogP contribution < -0.4 is 5.73 Å². The molecular formula is C22H22Cl2N2O6. The molecule has 1 heterocycles. The zero-order chi connectivity index (χ0) is 23.8. The average molecular weight is 481 g/mol. The van der Waals surface area contributed by atoms with E-state index < -0.39 is 29.7 Å². The smallest absolute Gasteiger partial charge is 0.336 e. The van der Waals surface area contributed by atoms with E-state index in [4.69, 9.17) is 43.1 Å². The van der Waals surface area contributed by atoms with Crippen LogP contribution in [-0.4, -0.2) is 50.5 Å². The zero-order valence-electron chi connectivity index (χ0n) is 17.7. The van der Waals surface area contributed by atoms with E-state index in [9.17, 15) is 14.4 Å². The second-order valence-corrected chi connectivity index (χ2v) is 7.40. The number of halogens is 2. The Morgan fingerprint density at radius 2 is 1.97 bits per heavy atom. The van der Waals surface area contributed by atoms with E-state index in [0.717, 1.165) is 0 Å². The van der Waals surface area contributed by atoms with Gasteiger partial charge in [0.25, 0.3) is 5.91 Å². The lowest BCUT2D eigenvalue weighted by molar-refractivity contribution is -0.144. The Bertz CT molecular complexity index is 1040. The summed E-state index contributed by atoms with van der Waals surface area (Å²) in [7, 11) is 1.25. The summed E-state index contributed by atoms with van der Waals surface area (Å²) in [6, 6.07) is 4.93. The molecule has 2 N–H and O–H groups in total. The number of hydrogen-bond acceptors (Lipinski definition) is 7. The average Bonchev–Trinajstić information content (AvgIpc) is 2.74. The minimum Gasteiger partial charge on any atom is -0.468 e. The standard InChI is InChI=1S/C22H22Cl2N2O6/c1-4-32-22(29)19-15(11-31-10-6-9-16(25)27)26-12(2)17(21(28)30-3)18(19)13-7-5-8-14(23)20(13)24/h5,7-8,17-18H,4,10-11H2,1-3H3,(H2,25,27). The molecule has 0 fully saturated rings. The summed E-state index contributed by atoms with van der Waals surface area (Å²) in [5, 5.41) is 0.452. The monoisotopic (exact) mass is 480 g/mol. The second-order valence-electron chi connectivity index (χ2n) is 6.61. The first-order valence-electron chi connectivity index (χ1n) is 9.56. The first-order valence-corrected chi connectivity index (χ1v) is 10.3. The molecule has 1 aromatic carbocycles. The SMILES string of the molecule is CCOC(=O)C1=C(COCC#CC(N)=O)N=C(C)C(C(=O)OC)C1c1cccc(Cl)c1Cl. The number of benzene rings is 1. The quantitative estimate of drug-likeness (QED) is 0.364. The topological polar surface area (TPSA) is 117 Å². The number of esters is 2. The van der Waals surface area contributed by atoms with E-state index in [1.54, 1.807) is 32.0 Å². The van der Waals surface area contributed by atoms with E-state index in [-0.39, 0.29) is 41.1 Å². The van der Waals surface area contributed by atoms with Gasteiger partial charge in [0.15, 0.2) is 0 Å². The highest BCUT2D eigenvalue weighted by molar-refractivity contribution is 6.42. The predicted octanol–water partition coefficient (Wildman–Crippen LogP) is 2.66. The molecule has 2 unspecified atom stereocenters. The van der Waals surface area contributed by atoms with E-state index in [1.807, 2.05) is 0 Å². The first-order chi connectivity index (χ1) is 15.2. The molecule has 0 saturated carbocycles. The van der Waals surface area contributed by atoms with Crippen LogP contribution in [0.2, 0.25) is 10.0 Å². The Hall–Kier alpha value is -2.86. The maximum Gasteiger partial charge on any atom is 0.336 e. The molecule has 1 aliphatic heterocycles. The number of carbonyl (C=O) groups is 3. The molecule has 1 amide bonds. The van der Waals surface area contributed by atoms with E-state index in [2.05, 4.69) is 16.8 Å². The Labute approximate surface area is 195 Å². The lowest BCUT2D eigenvalue weighted by Crippen LogP contribution is -2.37. The molecule has 0 aromatic heterocycles. The third-order valence-electron chi connectivity index (χ3n) is 4.61. The van der Waals surface area contributed by atoms with Gasteiger partial charge in [-0.05, 0) is 31.4 Å². The number of hydrogen-bond donors (Lipinski definition) is 1. The van der Waals surface area contributed by atoms with Crippen molar-refractivity contribution in [3.63, 3.8) is 0 Å². The van der Waals surface area contributed by atoms with Crippen molar-refractivity contribution in [2.45, 2.75) is 19.8 Å². The van der Waals surface area contributed by atoms with E-state index in [1.165, 1.54) is 7.11 Å². The van der Waals surface area contributed by atoms with Gasteiger partial charge >= 0.3 is 11.9 Å². The highest BCUT2D eigenvalue weighted by Crippen LogP contribution is 2.44. The highest BCUT2D eigenvalue weighted by atomic mass is 35.5. The lowest BCUT2D eigenvalue weighted by atomic mass is 9.75. The van der Waals surface area contributed by atoms with Crippen LogP contribution in [0.15, 0.2) is 34.5 Å². The van der Waals surface area contributed by atoms with Crippen LogP contribution in [0.25, 0.3) is 0 Å². The van der Waals surface area contributed by atoms with Crippen LogP contribution in [0.1, 0.15) is 25.3 Å². The van der Waals surface area contributed by atoms with Crippen molar-refractivity contribution in [2.24, 2.45) is 16.6 Å². The lowest BCUT2D eigenvalue weighted by Gasteiger charge is -2.32. The Kier molecular flexibility index (Phi) is 9.27. The molecular weight excluding hydrogens is 459 g/mol. The van der Waals surface area contributed by atoms with Gasteiger partial charge in [-0.2, -0.15) is 0 Å². The fraction of sp³-hybridized carbons (Fsp3) is 0.364. The minimum absolute atomic E-state index is 0.0971. The molecule has 0 saturated heterocycles. The fourth-order valence-corrected chi connectivity index (χ4v) is 3.77. The van der Waals surface area contributed by atoms with Crippen LogP contribution in [0.4, 0.5) is 0 Å². The van der Waals surface area contributed by atoms with Gasteiger partial charge in [-0.1, -0.05) is 41.3 Å². The normalized spacial score (nSPS) is 17.7. The fourth-order valence-electron chi connectivity index (χ4n) is 3.34. The number of nitrogens with two attached hydrogens (primary N) is 1. The first kappa shape index (κ1) is 25.4. The molecule has 1 aromatic rings. The Morgan fingerprint density at radius 1 is 1.25 bits per heavy atom. The molecule has 2 atom stereocenters. The highest BCUT2D eigenvalue weighted by Gasteiger charge is 2.44. The summed E-state index contributed by atoms with van der Waals surface area (Å²) in [6.45, 7) is 3.14. The van der Waals surface area contributed by atoms with Crippen molar-refractivity contribution >= 4 is 46.8 Å². The molecule has 1 aliphatic rings. The Morgan fingerprint density at radius 3 is 2.59 bits per heavy atom. The minimum atomic E-state index is -0.936. The van der Waals surface area contributed by atoms with Gasteiger partial charge in [0.05, 0.1) is 41.6 Å². The third kappa shape index (κ3) is 5.88. The molecule has 32 heavy (non-hydrogen) atoms. The maximum atomic E-state index is 13.0. The summed E-state index contributed by atoms with van der Waals surface area (Å²) in [6.07, 6.45) is 0.